The predicted molar refractivity (Wildman–Crippen MR) is 81.0 cm³/mol. The fraction of sp³-hybridized carbons (Fsp3) is 0.400. The van der Waals surface area contributed by atoms with Crippen LogP contribution >= 0.6 is 0 Å². The van der Waals surface area contributed by atoms with Crippen molar-refractivity contribution in [2.24, 2.45) is 0 Å². The minimum Gasteiger partial charge on any atom is -0.398 e. The first-order valence-electron chi connectivity index (χ1n) is 6.98. The topological polar surface area (TPSA) is 57.1 Å². The molecule has 0 bridgehead atoms. The van der Waals surface area contributed by atoms with E-state index >= 15 is 0 Å². The van der Waals surface area contributed by atoms with Crippen LogP contribution in [0.4, 0.5) is 0 Å². The van der Waals surface area contributed by atoms with Gasteiger partial charge in [0.15, 0.2) is 0 Å². The van der Waals surface area contributed by atoms with Gasteiger partial charge in [0.2, 0.25) is 0 Å². The SMILES string of the molecule is CC1(C)OB(c2cnc(-c3ccccn3)cn2)OC1(C)C. The van der Waals surface area contributed by atoms with E-state index in [1.165, 1.54) is 0 Å². The van der Waals surface area contributed by atoms with Crippen molar-refractivity contribution in [3.05, 3.63) is 36.8 Å². The lowest BCUT2D eigenvalue weighted by Gasteiger charge is -2.32. The van der Waals surface area contributed by atoms with Crippen LogP contribution in [-0.2, 0) is 9.31 Å². The predicted octanol–water partition coefficient (Wildman–Crippen LogP) is 1.84. The molecule has 2 aromatic heterocycles. The second-order valence-electron chi connectivity index (χ2n) is 6.13. The number of hydrogen-bond acceptors (Lipinski definition) is 5. The molecule has 0 aromatic carbocycles. The summed E-state index contributed by atoms with van der Waals surface area (Å²) in [6.45, 7) is 8.07. The van der Waals surface area contributed by atoms with Crippen LogP contribution in [0.15, 0.2) is 36.8 Å². The van der Waals surface area contributed by atoms with Crippen LogP contribution < -0.4 is 5.59 Å². The van der Waals surface area contributed by atoms with E-state index in [0.717, 1.165) is 11.4 Å². The number of aromatic nitrogens is 3. The highest BCUT2D eigenvalue weighted by atomic mass is 16.7. The zero-order valence-corrected chi connectivity index (χ0v) is 12.7. The summed E-state index contributed by atoms with van der Waals surface area (Å²) in [6.07, 6.45) is 5.12. The fourth-order valence-electron chi connectivity index (χ4n) is 2.07. The van der Waals surface area contributed by atoms with Crippen LogP contribution in [0.3, 0.4) is 0 Å². The smallest absolute Gasteiger partial charge is 0.398 e. The van der Waals surface area contributed by atoms with Gasteiger partial charge in [-0.05, 0) is 39.8 Å². The lowest BCUT2D eigenvalue weighted by molar-refractivity contribution is 0.00578. The summed E-state index contributed by atoms with van der Waals surface area (Å²) in [5.74, 6) is 0. The fourth-order valence-corrected chi connectivity index (χ4v) is 2.07. The number of pyridine rings is 1. The highest BCUT2D eigenvalue weighted by Gasteiger charge is 2.52. The van der Waals surface area contributed by atoms with Gasteiger partial charge in [0.25, 0.3) is 0 Å². The Labute approximate surface area is 124 Å². The first kappa shape index (κ1) is 14.2. The summed E-state index contributed by atoms with van der Waals surface area (Å²) in [4.78, 5) is 13.1. The van der Waals surface area contributed by atoms with Crippen LogP contribution in [-0.4, -0.2) is 33.3 Å². The second kappa shape index (κ2) is 4.89. The molecule has 3 rings (SSSR count). The second-order valence-corrected chi connectivity index (χ2v) is 6.13. The van der Waals surface area contributed by atoms with Crippen molar-refractivity contribution >= 4 is 12.7 Å². The number of rotatable bonds is 2. The van der Waals surface area contributed by atoms with E-state index in [-0.39, 0.29) is 11.2 Å². The van der Waals surface area contributed by atoms with Crippen LogP contribution in [0, 0.1) is 0 Å². The Morgan fingerprint density at radius 1 is 0.857 bits per heavy atom. The molecular formula is C15H18BN3O2. The van der Waals surface area contributed by atoms with Gasteiger partial charge < -0.3 is 9.31 Å². The summed E-state index contributed by atoms with van der Waals surface area (Å²) < 4.78 is 11.9. The van der Waals surface area contributed by atoms with E-state index in [1.807, 2.05) is 45.9 Å². The van der Waals surface area contributed by atoms with Crippen LogP contribution in [0.25, 0.3) is 11.4 Å². The van der Waals surface area contributed by atoms with Gasteiger partial charge in [-0.2, -0.15) is 0 Å². The maximum Gasteiger partial charge on any atom is 0.516 e. The molecule has 5 nitrogen and oxygen atoms in total. The summed E-state index contributed by atoms with van der Waals surface area (Å²) in [5.41, 5.74) is 1.45. The first-order chi connectivity index (χ1) is 9.89. The molecule has 6 heteroatoms. The van der Waals surface area contributed by atoms with E-state index < -0.39 is 7.12 Å². The lowest BCUT2D eigenvalue weighted by atomic mass is 9.85. The molecule has 0 unspecified atom stereocenters. The first-order valence-corrected chi connectivity index (χ1v) is 6.98. The molecule has 0 radical (unpaired) electrons. The van der Waals surface area contributed by atoms with Crippen LogP contribution in [0.5, 0.6) is 0 Å². The molecule has 1 fully saturated rings. The zero-order chi connectivity index (χ0) is 15.1. The molecule has 0 saturated carbocycles. The van der Waals surface area contributed by atoms with Crippen molar-refractivity contribution in [1.82, 2.24) is 15.0 Å². The Morgan fingerprint density at radius 2 is 1.57 bits per heavy atom. The molecule has 0 N–H and O–H groups in total. The minimum absolute atomic E-state index is 0.376. The Bertz CT molecular complexity index is 613. The third-order valence-corrected chi connectivity index (χ3v) is 4.09. The van der Waals surface area contributed by atoms with Crippen molar-refractivity contribution in [3.8, 4) is 11.4 Å². The Balaban J connectivity index is 1.83. The molecule has 1 aliphatic rings. The van der Waals surface area contributed by atoms with E-state index in [1.54, 1.807) is 18.6 Å². The third-order valence-electron chi connectivity index (χ3n) is 4.09. The lowest BCUT2D eigenvalue weighted by Crippen LogP contribution is -2.41. The maximum absolute atomic E-state index is 5.96. The summed E-state index contributed by atoms with van der Waals surface area (Å²) in [7, 11) is -0.486. The Kier molecular flexibility index (Phi) is 3.30. The largest absolute Gasteiger partial charge is 0.516 e. The highest BCUT2D eigenvalue weighted by molar-refractivity contribution is 6.61. The van der Waals surface area contributed by atoms with Crippen molar-refractivity contribution in [1.29, 1.82) is 0 Å². The molecule has 108 valence electrons. The van der Waals surface area contributed by atoms with E-state index in [2.05, 4.69) is 15.0 Å². The van der Waals surface area contributed by atoms with E-state index in [4.69, 9.17) is 9.31 Å². The monoisotopic (exact) mass is 283 g/mol. The summed E-state index contributed by atoms with van der Waals surface area (Å²) >= 11 is 0. The van der Waals surface area contributed by atoms with Crippen molar-refractivity contribution in [3.63, 3.8) is 0 Å². The van der Waals surface area contributed by atoms with Gasteiger partial charge in [-0.3, -0.25) is 15.0 Å². The van der Waals surface area contributed by atoms with Crippen molar-refractivity contribution in [2.45, 2.75) is 38.9 Å². The van der Waals surface area contributed by atoms with Gasteiger partial charge in [0.05, 0.1) is 28.7 Å². The molecular weight excluding hydrogens is 265 g/mol. The molecule has 0 atom stereocenters. The minimum atomic E-state index is -0.486. The molecule has 1 aliphatic heterocycles. The Morgan fingerprint density at radius 3 is 2.10 bits per heavy atom. The van der Waals surface area contributed by atoms with Gasteiger partial charge in [-0.25, -0.2) is 0 Å². The third kappa shape index (κ3) is 2.56. The standard InChI is InChI=1S/C15H18BN3O2/c1-14(2)15(3,4)21-16(20-14)13-10-18-12(9-19-13)11-7-5-6-8-17-11/h5-10H,1-4H3. The van der Waals surface area contributed by atoms with Gasteiger partial charge in [0.1, 0.15) is 5.69 Å². The highest BCUT2D eigenvalue weighted by Crippen LogP contribution is 2.36. The molecule has 0 amide bonds. The van der Waals surface area contributed by atoms with Gasteiger partial charge in [0, 0.05) is 12.4 Å². The molecule has 1 saturated heterocycles. The maximum atomic E-state index is 5.96. The van der Waals surface area contributed by atoms with Crippen LogP contribution in [0.2, 0.25) is 0 Å². The van der Waals surface area contributed by atoms with Gasteiger partial charge in [-0.1, -0.05) is 6.07 Å². The molecule has 2 aromatic rings. The average molecular weight is 283 g/mol. The van der Waals surface area contributed by atoms with E-state index in [9.17, 15) is 0 Å². The molecule has 3 heterocycles. The zero-order valence-electron chi connectivity index (χ0n) is 12.7. The number of nitrogens with zero attached hydrogens (tertiary/aromatic N) is 3. The normalized spacial score (nSPS) is 19.7. The quantitative estimate of drug-likeness (QED) is 0.787. The summed E-state index contributed by atoms with van der Waals surface area (Å²) in [6, 6.07) is 5.69. The summed E-state index contributed by atoms with van der Waals surface area (Å²) in [5, 5.41) is 0. The van der Waals surface area contributed by atoms with Gasteiger partial charge >= 0.3 is 7.12 Å². The van der Waals surface area contributed by atoms with E-state index in [0.29, 0.717) is 5.59 Å². The molecule has 0 spiro atoms. The van der Waals surface area contributed by atoms with Crippen molar-refractivity contribution < 1.29 is 9.31 Å². The van der Waals surface area contributed by atoms with Gasteiger partial charge in [-0.15, -0.1) is 0 Å². The van der Waals surface area contributed by atoms with Crippen molar-refractivity contribution in [2.75, 3.05) is 0 Å². The van der Waals surface area contributed by atoms with Crippen LogP contribution in [0.1, 0.15) is 27.7 Å². The Hall–Kier alpha value is -1.79. The average Bonchev–Trinajstić information content (AvgIpc) is 2.69. The molecule has 21 heavy (non-hydrogen) atoms. The molecule has 0 aliphatic carbocycles. The number of hydrogen-bond donors (Lipinski definition) is 0.